The van der Waals surface area contributed by atoms with Crippen molar-refractivity contribution in [3.8, 4) is 45.0 Å². The SMILES string of the molecule is [B]c1c([B])c([B])c(-c2cc(-c3ccccc3)nc(-c3cccc4c3oc3ccc(-c5cccc6c5sc5ccccc56)cc34)n2)c([B])c1[B]. The summed E-state index contributed by atoms with van der Waals surface area (Å²) in [5.74, 6) is 0.434. The van der Waals surface area contributed by atoms with E-state index in [2.05, 4.69) is 60.7 Å². The Bertz CT molecular complexity index is 2760. The smallest absolute Gasteiger partial charge is 0.164 e. The topological polar surface area (TPSA) is 38.9 Å². The van der Waals surface area contributed by atoms with E-state index < -0.39 is 0 Å². The van der Waals surface area contributed by atoms with Crippen LogP contribution in [-0.4, -0.2) is 49.2 Å². The lowest BCUT2D eigenvalue weighted by Crippen LogP contribution is -2.55. The van der Waals surface area contributed by atoms with Gasteiger partial charge in [0.1, 0.15) is 50.4 Å². The summed E-state index contributed by atoms with van der Waals surface area (Å²) in [6.07, 6.45) is 0. The Morgan fingerprint density at radius 2 is 1.14 bits per heavy atom. The van der Waals surface area contributed by atoms with Gasteiger partial charge in [0.25, 0.3) is 0 Å². The van der Waals surface area contributed by atoms with Gasteiger partial charge in [0.05, 0.1) is 17.0 Å². The first-order valence-corrected chi connectivity index (χ1v) is 16.5. The maximum Gasteiger partial charge on any atom is 0.164 e. The average molecular weight is 630 g/mol. The molecule has 3 aromatic heterocycles. The van der Waals surface area contributed by atoms with Crippen LogP contribution in [0.25, 0.3) is 87.1 Å². The summed E-state index contributed by atoms with van der Waals surface area (Å²) >= 11 is 1.82. The van der Waals surface area contributed by atoms with Gasteiger partial charge in [-0.3, -0.25) is 0 Å². The maximum atomic E-state index is 6.57. The Morgan fingerprint density at radius 3 is 1.94 bits per heavy atom. The van der Waals surface area contributed by atoms with E-state index in [0.29, 0.717) is 28.4 Å². The van der Waals surface area contributed by atoms with Crippen LogP contribution in [0.4, 0.5) is 0 Å². The molecular weight excluding hydrogens is 611 g/mol. The number of aromatic nitrogens is 2. The second-order valence-electron chi connectivity index (χ2n) is 12.0. The fourth-order valence-corrected chi connectivity index (χ4v) is 7.93. The van der Waals surface area contributed by atoms with Crippen LogP contribution < -0.4 is 27.3 Å². The van der Waals surface area contributed by atoms with Crippen molar-refractivity contribution in [1.82, 2.24) is 9.97 Å². The van der Waals surface area contributed by atoms with Gasteiger partial charge in [-0.1, -0.05) is 95.9 Å². The van der Waals surface area contributed by atoms with Crippen LogP contribution in [0.1, 0.15) is 0 Å². The molecule has 0 aliphatic carbocycles. The highest BCUT2D eigenvalue weighted by Crippen LogP contribution is 2.42. The average Bonchev–Trinajstić information content (AvgIpc) is 3.72. The molecule has 0 spiro atoms. The van der Waals surface area contributed by atoms with Gasteiger partial charge in [-0.15, -0.1) is 27.7 Å². The van der Waals surface area contributed by atoms with Crippen LogP contribution in [0, 0.1) is 0 Å². The number of hydrogen-bond donors (Lipinski definition) is 0. The quantitative estimate of drug-likeness (QED) is 0.246. The molecule has 0 aliphatic heterocycles. The van der Waals surface area contributed by atoms with Gasteiger partial charge >= 0.3 is 0 Å². The number of fused-ring (bicyclic) bond motifs is 6. The van der Waals surface area contributed by atoms with Gasteiger partial charge in [0, 0.05) is 36.5 Å². The molecule has 0 amide bonds. The van der Waals surface area contributed by atoms with Gasteiger partial charge in [0.2, 0.25) is 0 Å². The molecule has 0 bridgehead atoms. The zero-order chi connectivity index (χ0) is 33.4. The molecule has 216 valence electrons. The molecule has 10 radical (unpaired) electrons. The van der Waals surface area contributed by atoms with E-state index in [1.165, 1.54) is 25.7 Å². The molecule has 0 atom stereocenters. The highest BCUT2D eigenvalue weighted by Gasteiger charge is 2.20. The van der Waals surface area contributed by atoms with E-state index in [9.17, 15) is 0 Å². The first kappa shape index (κ1) is 29.9. The molecule has 0 saturated carbocycles. The predicted molar refractivity (Wildman–Crippen MR) is 211 cm³/mol. The van der Waals surface area contributed by atoms with Crippen LogP contribution >= 0.6 is 11.3 Å². The third-order valence-corrected chi connectivity index (χ3v) is 10.4. The number of furan rings is 1. The van der Waals surface area contributed by atoms with Gasteiger partial charge < -0.3 is 4.42 Å². The van der Waals surface area contributed by atoms with E-state index in [0.717, 1.165) is 33.0 Å². The largest absolute Gasteiger partial charge is 0.455 e. The number of benzene rings is 6. The minimum atomic E-state index is 0.145. The van der Waals surface area contributed by atoms with Gasteiger partial charge in [0.15, 0.2) is 5.82 Å². The Morgan fingerprint density at radius 1 is 0.490 bits per heavy atom. The van der Waals surface area contributed by atoms with Crippen molar-refractivity contribution >= 4 is 120 Å². The van der Waals surface area contributed by atoms with Crippen LogP contribution in [0.2, 0.25) is 0 Å². The fraction of sp³-hybridized carbons (Fsp3) is 0. The molecule has 3 nitrogen and oxygen atoms in total. The van der Waals surface area contributed by atoms with Crippen molar-refractivity contribution in [3.63, 3.8) is 0 Å². The van der Waals surface area contributed by atoms with Crippen molar-refractivity contribution < 1.29 is 4.42 Å². The fourth-order valence-electron chi connectivity index (χ4n) is 6.69. The van der Waals surface area contributed by atoms with Crippen LogP contribution in [-0.2, 0) is 0 Å². The third kappa shape index (κ3) is 4.71. The molecule has 0 saturated heterocycles. The zero-order valence-corrected chi connectivity index (χ0v) is 26.9. The number of rotatable bonds is 4. The van der Waals surface area contributed by atoms with E-state index in [4.69, 9.17) is 53.6 Å². The minimum absolute atomic E-state index is 0.145. The predicted octanol–water partition coefficient (Wildman–Crippen LogP) is 5.38. The molecule has 9 heteroatoms. The summed E-state index contributed by atoms with van der Waals surface area (Å²) in [6, 6.07) is 39.1. The Balaban J connectivity index is 1.25. The van der Waals surface area contributed by atoms with Crippen molar-refractivity contribution in [1.29, 1.82) is 0 Å². The Hall–Kier alpha value is -5.26. The van der Waals surface area contributed by atoms with Gasteiger partial charge in [-0.25, -0.2) is 9.97 Å². The number of hydrogen-bond acceptors (Lipinski definition) is 4. The second-order valence-corrected chi connectivity index (χ2v) is 13.1. The van der Waals surface area contributed by atoms with Crippen molar-refractivity contribution in [2.75, 3.05) is 0 Å². The standard InChI is InChI=1S/C40H19B5N2OS/c41-33-32(34(42)36(44)37(45)35(33)43)29-19-28(20-8-2-1-3-9-20)46-40(47-29)26-14-7-12-24-27-18-21(16-17-30(27)48-38(24)26)22-11-6-13-25-23-10-4-5-15-31(23)49-39(22)25/h1-19H. The van der Waals surface area contributed by atoms with Gasteiger partial charge in [-0.2, -0.15) is 0 Å². The van der Waals surface area contributed by atoms with Crippen molar-refractivity contribution in [2.24, 2.45) is 0 Å². The molecule has 9 rings (SSSR count). The van der Waals surface area contributed by atoms with E-state index >= 15 is 0 Å². The molecule has 0 unspecified atom stereocenters. The zero-order valence-electron chi connectivity index (χ0n) is 26.1. The first-order chi connectivity index (χ1) is 23.9. The summed E-state index contributed by atoms with van der Waals surface area (Å²) in [7, 11) is 31.7. The van der Waals surface area contributed by atoms with E-state index in [-0.39, 0.29) is 27.3 Å². The number of para-hydroxylation sites is 1. The molecule has 0 fully saturated rings. The van der Waals surface area contributed by atoms with Crippen LogP contribution in [0.3, 0.4) is 0 Å². The number of thiophene rings is 1. The molecule has 49 heavy (non-hydrogen) atoms. The summed E-state index contributed by atoms with van der Waals surface area (Å²) in [4.78, 5) is 10.0. The molecule has 0 N–H and O–H groups in total. The highest BCUT2D eigenvalue weighted by molar-refractivity contribution is 7.26. The minimum Gasteiger partial charge on any atom is -0.455 e. The molecule has 9 aromatic rings. The lowest BCUT2D eigenvalue weighted by molar-refractivity contribution is 0.669. The maximum absolute atomic E-state index is 6.57. The monoisotopic (exact) mass is 630 g/mol. The molecule has 3 heterocycles. The first-order valence-electron chi connectivity index (χ1n) is 15.7. The Labute approximate surface area is 293 Å². The third-order valence-electron chi connectivity index (χ3n) is 9.20. The Kier molecular flexibility index (Phi) is 6.96. The van der Waals surface area contributed by atoms with Crippen LogP contribution in [0.5, 0.6) is 0 Å². The van der Waals surface area contributed by atoms with Crippen molar-refractivity contribution in [3.05, 3.63) is 115 Å². The number of nitrogens with zero attached hydrogens (tertiary/aromatic N) is 2. The lowest BCUT2D eigenvalue weighted by atomic mass is 9.60. The lowest BCUT2D eigenvalue weighted by Gasteiger charge is -2.21. The summed E-state index contributed by atoms with van der Waals surface area (Å²) in [6.45, 7) is 0. The van der Waals surface area contributed by atoms with E-state index in [1.807, 2.05) is 65.9 Å². The molecular formula is C40H19B5N2OS. The molecule has 6 aromatic carbocycles. The summed E-state index contributed by atoms with van der Waals surface area (Å²) in [5.41, 5.74) is 7.74. The molecule has 0 aliphatic rings. The van der Waals surface area contributed by atoms with E-state index in [1.54, 1.807) is 0 Å². The summed E-state index contributed by atoms with van der Waals surface area (Å²) < 4.78 is 9.11. The highest BCUT2D eigenvalue weighted by atomic mass is 32.1. The van der Waals surface area contributed by atoms with Gasteiger partial charge in [-0.05, 0) is 47.0 Å². The summed E-state index contributed by atoms with van der Waals surface area (Å²) in [5, 5.41) is 4.48. The normalized spacial score (nSPS) is 11.7. The van der Waals surface area contributed by atoms with Crippen molar-refractivity contribution in [2.45, 2.75) is 0 Å². The second kappa shape index (κ2) is 11.4. The van der Waals surface area contributed by atoms with Crippen LogP contribution in [0.15, 0.2) is 120 Å².